The third-order valence-corrected chi connectivity index (χ3v) is 11.8. The van der Waals surface area contributed by atoms with Crippen LogP contribution < -0.4 is 0 Å². The van der Waals surface area contributed by atoms with Crippen LogP contribution in [0.3, 0.4) is 0 Å². The molecule has 0 amide bonds. The molecule has 0 spiro atoms. The SMILES string of the molecule is CC[C@]1(O)CC[C@@]2(C)[C@H](CC[C@@H]3[C@@H]2CC[C@]2(C)[C@@H](C(C)C(O)CCC(C)C)CC[C@@H]32)C1. The maximum atomic E-state index is 11.0. The molecule has 0 aromatic rings. The largest absolute Gasteiger partial charge is 0.393 e. The summed E-state index contributed by atoms with van der Waals surface area (Å²) in [5, 5.41) is 22.0. The number of hydrogen-bond acceptors (Lipinski definition) is 2. The third kappa shape index (κ3) is 4.05. The van der Waals surface area contributed by atoms with E-state index in [1.165, 1.54) is 44.9 Å². The zero-order valence-corrected chi connectivity index (χ0v) is 21.5. The van der Waals surface area contributed by atoms with Crippen LogP contribution in [0.5, 0.6) is 0 Å². The molecule has 2 unspecified atom stereocenters. The molecule has 0 bridgehead atoms. The van der Waals surface area contributed by atoms with E-state index < -0.39 is 0 Å². The van der Waals surface area contributed by atoms with E-state index in [2.05, 4.69) is 41.5 Å². The van der Waals surface area contributed by atoms with Gasteiger partial charge in [-0.25, -0.2) is 0 Å². The second kappa shape index (κ2) is 8.61. The fourth-order valence-electron chi connectivity index (χ4n) is 9.58. The summed E-state index contributed by atoms with van der Waals surface area (Å²) < 4.78 is 0. The van der Waals surface area contributed by atoms with Gasteiger partial charge in [0, 0.05) is 0 Å². The lowest BCUT2D eigenvalue weighted by Gasteiger charge is -2.62. The highest BCUT2D eigenvalue weighted by atomic mass is 16.3. The van der Waals surface area contributed by atoms with Crippen molar-refractivity contribution >= 4 is 0 Å². The lowest BCUT2D eigenvalue weighted by atomic mass is 9.43. The van der Waals surface area contributed by atoms with Gasteiger partial charge in [0.05, 0.1) is 11.7 Å². The van der Waals surface area contributed by atoms with Gasteiger partial charge < -0.3 is 10.2 Å². The highest BCUT2D eigenvalue weighted by Crippen LogP contribution is 2.69. The molecule has 0 saturated heterocycles. The fourth-order valence-corrected chi connectivity index (χ4v) is 9.58. The molecule has 2 nitrogen and oxygen atoms in total. The van der Waals surface area contributed by atoms with Crippen LogP contribution in [0.1, 0.15) is 119 Å². The Balaban J connectivity index is 1.48. The molecule has 0 radical (unpaired) electrons. The molecule has 0 aliphatic heterocycles. The first-order valence-corrected chi connectivity index (χ1v) is 13.9. The van der Waals surface area contributed by atoms with Crippen molar-refractivity contribution in [3.05, 3.63) is 0 Å². The summed E-state index contributed by atoms with van der Waals surface area (Å²) in [6.07, 6.45) is 14.4. The van der Waals surface area contributed by atoms with Gasteiger partial charge >= 0.3 is 0 Å². The average molecular weight is 433 g/mol. The predicted molar refractivity (Wildman–Crippen MR) is 130 cm³/mol. The molecule has 2 N–H and O–H groups in total. The first-order chi connectivity index (χ1) is 14.5. The molecule has 4 rings (SSSR count). The molecule has 10 atom stereocenters. The van der Waals surface area contributed by atoms with E-state index >= 15 is 0 Å². The minimum absolute atomic E-state index is 0.126. The number of hydrogen-bond donors (Lipinski definition) is 2. The zero-order valence-electron chi connectivity index (χ0n) is 21.5. The van der Waals surface area contributed by atoms with Crippen LogP contribution in [0.15, 0.2) is 0 Å². The zero-order chi connectivity index (χ0) is 22.6. The van der Waals surface area contributed by atoms with E-state index in [1.54, 1.807) is 0 Å². The molecule has 4 aliphatic carbocycles. The normalized spacial score (nSPS) is 49.3. The van der Waals surface area contributed by atoms with Crippen LogP contribution in [-0.4, -0.2) is 21.9 Å². The van der Waals surface area contributed by atoms with Gasteiger partial charge in [0.25, 0.3) is 0 Å². The monoisotopic (exact) mass is 432 g/mol. The van der Waals surface area contributed by atoms with E-state index in [0.717, 1.165) is 55.8 Å². The van der Waals surface area contributed by atoms with E-state index in [0.29, 0.717) is 28.6 Å². The van der Waals surface area contributed by atoms with Crippen molar-refractivity contribution in [1.29, 1.82) is 0 Å². The van der Waals surface area contributed by atoms with Crippen LogP contribution in [0.4, 0.5) is 0 Å². The quantitative estimate of drug-likeness (QED) is 0.465. The van der Waals surface area contributed by atoms with E-state index in [1.807, 2.05) is 0 Å². The minimum Gasteiger partial charge on any atom is -0.393 e. The Morgan fingerprint density at radius 3 is 2.23 bits per heavy atom. The van der Waals surface area contributed by atoms with E-state index in [9.17, 15) is 10.2 Å². The molecule has 4 saturated carbocycles. The molecule has 4 aliphatic rings. The van der Waals surface area contributed by atoms with Crippen molar-refractivity contribution in [3.63, 3.8) is 0 Å². The number of rotatable bonds is 6. The summed E-state index contributed by atoms with van der Waals surface area (Å²) in [7, 11) is 0. The lowest BCUT2D eigenvalue weighted by molar-refractivity contribution is -0.154. The fraction of sp³-hybridized carbons (Fsp3) is 1.00. The van der Waals surface area contributed by atoms with Crippen LogP contribution >= 0.6 is 0 Å². The van der Waals surface area contributed by atoms with Gasteiger partial charge in [-0.3, -0.25) is 0 Å². The summed E-state index contributed by atoms with van der Waals surface area (Å²) in [6, 6.07) is 0. The smallest absolute Gasteiger partial charge is 0.0648 e. The van der Waals surface area contributed by atoms with Crippen LogP contribution in [0, 0.1) is 52.3 Å². The average Bonchev–Trinajstić information content (AvgIpc) is 3.09. The number of fused-ring (bicyclic) bond motifs is 5. The lowest BCUT2D eigenvalue weighted by Crippen LogP contribution is -2.56. The predicted octanol–water partition coefficient (Wildman–Crippen LogP) is 7.22. The molecule has 0 aromatic carbocycles. The van der Waals surface area contributed by atoms with Gasteiger partial charge in [-0.05, 0) is 129 Å². The minimum atomic E-state index is -0.389. The van der Waals surface area contributed by atoms with Crippen molar-refractivity contribution in [2.24, 2.45) is 52.3 Å². The number of aliphatic hydroxyl groups excluding tert-OH is 1. The van der Waals surface area contributed by atoms with Crippen molar-refractivity contribution in [1.82, 2.24) is 0 Å². The Morgan fingerprint density at radius 1 is 0.839 bits per heavy atom. The molecule has 0 aromatic heterocycles. The summed E-state index contributed by atoms with van der Waals surface area (Å²) in [6.45, 7) is 14.3. The molecular formula is C29H52O2. The summed E-state index contributed by atoms with van der Waals surface area (Å²) in [5.41, 5.74) is 0.494. The first-order valence-electron chi connectivity index (χ1n) is 13.9. The van der Waals surface area contributed by atoms with Gasteiger partial charge in [-0.15, -0.1) is 0 Å². The highest BCUT2D eigenvalue weighted by molar-refractivity contribution is 5.11. The Kier molecular flexibility index (Phi) is 6.68. The van der Waals surface area contributed by atoms with Crippen LogP contribution in [0.25, 0.3) is 0 Å². The second-order valence-electron chi connectivity index (χ2n) is 13.6. The van der Waals surface area contributed by atoms with Crippen molar-refractivity contribution in [3.8, 4) is 0 Å². The maximum absolute atomic E-state index is 11.0. The molecule has 31 heavy (non-hydrogen) atoms. The van der Waals surface area contributed by atoms with Crippen molar-refractivity contribution < 1.29 is 10.2 Å². The topological polar surface area (TPSA) is 40.5 Å². The Bertz CT molecular complexity index is 630. The molecule has 180 valence electrons. The molecule has 0 heterocycles. The first kappa shape index (κ1) is 24.1. The molecule has 4 fully saturated rings. The van der Waals surface area contributed by atoms with Crippen molar-refractivity contribution in [2.45, 2.75) is 130 Å². The Morgan fingerprint density at radius 2 is 1.55 bits per heavy atom. The van der Waals surface area contributed by atoms with E-state index in [-0.39, 0.29) is 11.7 Å². The second-order valence-corrected chi connectivity index (χ2v) is 13.6. The standard InChI is InChI=1S/C29H52O2/c1-7-29(31)17-16-27(5)21(18-29)9-10-22-24-12-11-23(28(24,6)15-14-25(22)27)20(4)26(30)13-8-19(2)3/h19-26,30-31H,7-18H2,1-6H3/t20?,21-,22+,23-,24+,25+,26?,27+,28-,29+/m1/s1. The maximum Gasteiger partial charge on any atom is 0.0648 e. The van der Waals surface area contributed by atoms with Gasteiger partial charge in [-0.1, -0.05) is 41.5 Å². The molecule has 2 heteroatoms. The Hall–Kier alpha value is -0.0800. The van der Waals surface area contributed by atoms with Gasteiger partial charge in [-0.2, -0.15) is 0 Å². The third-order valence-electron chi connectivity index (χ3n) is 11.8. The van der Waals surface area contributed by atoms with Crippen molar-refractivity contribution in [2.75, 3.05) is 0 Å². The summed E-state index contributed by atoms with van der Waals surface area (Å²) >= 11 is 0. The van der Waals surface area contributed by atoms with Gasteiger partial charge in [0.15, 0.2) is 0 Å². The number of aliphatic hydroxyl groups is 2. The van der Waals surface area contributed by atoms with Gasteiger partial charge in [0.2, 0.25) is 0 Å². The van der Waals surface area contributed by atoms with E-state index in [4.69, 9.17) is 0 Å². The highest BCUT2D eigenvalue weighted by Gasteiger charge is 2.61. The van der Waals surface area contributed by atoms with Crippen LogP contribution in [0.2, 0.25) is 0 Å². The van der Waals surface area contributed by atoms with Crippen LogP contribution in [-0.2, 0) is 0 Å². The van der Waals surface area contributed by atoms with Gasteiger partial charge in [0.1, 0.15) is 0 Å². The Labute approximate surface area is 193 Å². The summed E-state index contributed by atoms with van der Waals surface area (Å²) in [5.74, 6) is 5.16. The summed E-state index contributed by atoms with van der Waals surface area (Å²) in [4.78, 5) is 0. The molecular weight excluding hydrogens is 380 g/mol.